The molecular weight excluding hydrogens is 269 g/mol. The molecule has 0 spiro atoms. The molecule has 1 amide bonds. The van der Waals surface area contributed by atoms with Gasteiger partial charge in [-0.3, -0.25) is 4.79 Å². The molecule has 2 rings (SSSR count). The smallest absolute Gasteiger partial charge is 0.345 e. The molecule has 1 unspecified atom stereocenters. The number of alkyl halides is 3. The van der Waals surface area contributed by atoms with Gasteiger partial charge >= 0.3 is 12.1 Å². The number of benzene rings is 1. The van der Waals surface area contributed by atoms with Crippen molar-refractivity contribution in [3.63, 3.8) is 0 Å². The largest absolute Gasteiger partial charge is 0.471 e. The maximum atomic E-state index is 12.2. The van der Waals surface area contributed by atoms with Crippen LogP contribution >= 0.6 is 0 Å². The summed E-state index contributed by atoms with van der Waals surface area (Å²) in [6.07, 6.45) is -3.02. The highest BCUT2D eigenvalue weighted by molar-refractivity contribution is 5.81. The molecule has 2 N–H and O–H groups in total. The monoisotopic (exact) mass is 286 g/mol. The number of carbonyl (C=O) groups is 1. The second-order valence-corrected chi connectivity index (χ2v) is 5.03. The predicted molar refractivity (Wildman–Crippen MR) is 69.2 cm³/mol. The fraction of sp³-hybridized carbons (Fsp3) is 0.500. The van der Waals surface area contributed by atoms with Crippen molar-refractivity contribution in [3.05, 3.63) is 35.9 Å². The van der Waals surface area contributed by atoms with Crippen molar-refractivity contribution in [1.82, 2.24) is 10.6 Å². The van der Waals surface area contributed by atoms with E-state index in [0.29, 0.717) is 19.4 Å². The third-order valence-corrected chi connectivity index (χ3v) is 3.41. The Kier molecular flexibility index (Phi) is 4.65. The minimum Gasteiger partial charge on any atom is -0.345 e. The fourth-order valence-electron chi connectivity index (χ4n) is 2.46. The standard InChI is InChI=1S/C14H17F3N2O/c15-14(16,17)13(20)19-11-6-7-18-12(9-11)8-10-4-2-1-3-5-10/h1-5,11-12,18H,6-9H2,(H,19,20)/t11?,12-/m1/s1. The molecule has 1 aromatic rings. The van der Waals surface area contributed by atoms with Crippen molar-refractivity contribution >= 4 is 5.91 Å². The van der Waals surface area contributed by atoms with Crippen LogP contribution in [0.3, 0.4) is 0 Å². The van der Waals surface area contributed by atoms with E-state index in [1.165, 1.54) is 0 Å². The first kappa shape index (κ1) is 14.8. The van der Waals surface area contributed by atoms with Crippen LogP contribution in [0, 0.1) is 0 Å². The Morgan fingerprint density at radius 3 is 2.65 bits per heavy atom. The summed E-state index contributed by atoms with van der Waals surface area (Å²) in [4.78, 5) is 10.9. The summed E-state index contributed by atoms with van der Waals surface area (Å²) in [6, 6.07) is 9.43. The molecule has 0 aromatic heterocycles. The van der Waals surface area contributed by atoms with Gasteiger partial charge in [-0.25, -0.2) is 0 Å². The van der Waals surface area contributed by atoms with Crippen LogP contribution in [-0.4, -0.2) is 30.7 Å². The molecule has 1 aliphatic rings. The number of rotatable bonds is 3. The number of piperidine rings is 1. The molecule has 110 valence electrons. The normalized spacial score (nSPS) is 23.4. The van der Waals surface area contributed by atoms with Crippen LogP contribution in [0.4, 0.5) is 13.2 Å². The lowest BCUT2D eigenvalue weighted by atomic mass is 9.94. The number of halogens is 3. The van der Waals surface area contributed by atoms with Crippen molar-refractivity contribution in [3.8, 4) is 0 Å². The van der Waals surface area contributed by atoms with E-state index in [1.807, 2.05) is 30.3 Å². The van der Waals surface area contributed by atoms with Gasteiger partial charge < -0.3 is 10.6 Å². The van der Waals surface area contributed by atoms with Crippen molar-refractivity contribution < 1.29 is 18.0 Å². The van der Waals surface area contributed by atoms with Crippen molar-refractivity contribution in [2.75, 3.05) is 6.54 Å². The van der Waals surface area contributed by atoms with Crippen LogP contribution in [0.15, 0.2) is 30.3 Å². The third-order valence-electron chi connectivity index (χ3n) is 3.41. The minimum atomic E-state index is -4.81. The molecule has 0 bridgehead atoms. The molecule has 1 aliphatic heterocycles. The van der Waals surface area contributed by atoms with Gasteiger partial charge in [-0.15, -0.1) is 0 Å². The molecule has 3 nitrogen and oxygen atoms in total. The Hall–Kier alpha value is -1.56. The maximum absolute atomic E-state index is 12.2. The third kappa shape index (κ3) is 4.23. The lowest BCUT2D eigenvalue weighted by Gasteiger charge is -2.31. The summed E-state index contributed by atoms with van der Waals surface area (Å²) in [5, 5.41) is 5.35. The van der Waals surface area contributed by atoms with Gasteiger partial charge in [-0.1, -0.05) is 30.3 Å². The molecule has 1 saturated heterocycles. The predicted octanol–water partition coefficient (Wildman–Crippen LogP) is 2.03. The molecule has 20 heavy (non-hydrogen) atoms. The number of carbonyl (C=O) groups excluding carboxylic acids is 1. The number of nitrogens with one attached hydrogen (secondary N) is 2. The van der Waals surface area contributed by atoms with Gasteiger partial charge in [0.2, 0.25) is 0 Å². The van der Waals surface area contributed by atoms with Gasteiger partial charge in [0.15, 0.2) is 0 Å². The van der Waals surface area contributed by atoms with E-state index in [9.17, 15) is 18.0 Å². The summed E-state index contributed by atoms with van der Waals surface area (Å²) < 4.78 is 36.7. The summed E-state index contributed by atoms with van der Waals surface area (Å²) in [5.41, 5.74) is 1.13. The van der Waals surface area contributed by atoms with E-state index in [1.54, 1.807) is 0 Å². The summed E-state index contributed by atoms with van der Waals surface area (Å²) >= 11 is 0. The first-order valence-electron chi connectivity index (χ1n) is 6.60. The van der Waals surface area contributed by atoms with E-state index in [2.05, 4.69) is 10.6 Å². The number of hydrogen-bond acceptors (Lipinski definition) is 2. The second-order valence-electron chi connectivity index (χ2n) is 5.03. The lowest BCUT2D eigenvalue weighted by Crippen LogP contribution is -2.51. The maximum Gasteiger partial charge on any atom is 0.471 e. The Labute approximate surface area is 115 Å². The summed E-state index contributed by atoms with van der Waals surface area (Å²) in [6.45, 7) is 0.611. The summed E-state index contributed by atoms with van der Waals surface area (Å²) in [7, 11) is 0. The lowest BCUT2D eigenvalue weighted by molar-refractivity contribution is -0.174. The van der Waals surface area contributed by atoms with E-state index < -0.39 is 18.1 Å². The van der Waals surface area contributed by atoms with E-state index >= 15 is 0 Å². The zero-order chi connectivity index (χ0) is 14.6. The van der Waals surface area contributed by atoms with E-state index in [0.717, 1.165) is 12.0 Å². The van der Waals surface area contributed by atoms with E-state index in [-0.39, 0.29) is 6.04 Å². The zero-order valence-electron chi connectivity index (χ0n) is 10.9. The molecule has 1 aromatic carbocycles. The molecule has 0 aliphatic carbocycles. The van der Waals surface area contributed by atoms with Crippen molar-refractivity contribution in [1.29, 1.82) is 0 Å². The van der Waals surface area contributed by atoms with Gasteiger partial charge in [0.1, 0.15) is 0 Å². The molecule has 1 fully saturated rings. The first-order valence-corrected chi connectivity index (χ1v) is 6.60. The van der Waals surface area contributed by atoms with Crippen molar-refractivity contribution in [2.45, 2.75) is 37.5 Å². The highest BCUT2D eigenvalue weighted by Gasteiger charge is 2.40. The van der Waals surface area contributed by atoms with Crippen LogP contribution in [0.5, 0.6) is 0 Å². The molecule has 0 radical (unpaired) electrons. The Bertz CT molecular complexity index is 447. The average molecular weight is 286 g/mol. The van der Waals surface area contributed by atoms with Crippen LogP contribution < -0.4 is 10.6 Å². The molecule has 2 atom stereocenters. The molecule has 0 saturated carbocycles. The molecule has 1 heterocycles. The topological polar surface area (TPSA) is 41.1 Å². The van der Waals surface area contributed by atoms with Crippen molar-refractivity contribution in [2.24, 2.45) is 0 Å². The Balaban J connectivity index is 1.87. The average Bonchev–Trinajstić information content (AvgIpc) is 2.39. The number of hydrogen-bond donors (Lipinski definition) is 2. The first-order chi connectivity index (χ1) is 9.45. The zero-order valence-corrected chi connectivity index (χ0v) is 10.9. The van der Waals surface area contributed by atoms with E-state index in [4.69, 9.17) is 0 Å². The quantitative estimate of drug-likeness (QED) is 0.892. The van der Waals surface area contributed by atoms with Crippen LogP contribution in [0.2, 0.25) is 0 Å². The van der Waals surface area contributed by atoms with Crippen LogP contribution in [0.25, 0.3) is 0 Å². The molecule has 6 heteroatoms. The van der Waals surface area contributed by atoms with Gasteiger partial charge in [-0.2, -0.15) is 13.2 Å². The van der Waals surface area contributed by atoms with Gasteiger partial charge in [0.05, 0.1) is 0 Å². The van der Waals surface area contributed by atoms with Crippen LogP contribution in [0.1, 0.15) is 18.4 Å². The highest BCUT2D eigenvalue weighted by atomic mass is 19.4. The highest BCUT2D eigenvalue weighted by Crippen LogP contribution is 2.18. The second kappa shape index (κ2) is 6.26. The van der Waals surface area contributed by atoms with Gasteiger partial charge in [0, 0.05) is 12.1 Å². The fourth-order valence-corrected chi connectivity index (χ4v) is 2.46. The number of amides is 1. The SMILES string of the molecule is O=C(NC1CCN[C@H](Cc2ccccc2)C1)C(F)(F)F. The van der Waals surface area contributed by atoms with Crippen LogP contribution in [-0.2, 0) is 11.2 Å². The minimum absolute atomic E-state index is 0.0877. The molecular formula is C14H17F3N2O. The van der Waals surface area contributed by atoms with Gasteiger partial charge in [-0.05, 0) is 31.4 Å². The van der Waals surface area contributed by atoms with Gasteiger partial charge in [0.25, 0.3) is 0 Å². The Morgan fingerprint density at radius 2 is 2.00 bits per heavy atom. The Morgan fingerprint density at radius 1 is 1.30 bits per heavy atom. The summed E-state index contributed by atoms with van der Waals surface area (Å²) in [5.74, 6) is -1.84.